The van der Waals surface area contributed by atoms with Crippen LogP contribution in [0.25, 0.3) is 11.3 Å². The summed E-state index contributed by atoms with van der Waals surface area (Å²) in [6.45, 7) is 0.483. The Labute approximate surface area is 132 Å². The molecule has 22 heavy (non-hydrogen) atoms. The molecule has 0 saturated heterocycles. The van der Waals surface area contributed by atoms with Crippen molar-refractivity contribution in [3.8, 4) is 11.3 Å². The van der Waals surface area contributed by atoms with E-state index in [2.05, 4.69) is 10.3 Å². The van der Waals surface area contributed by atoms with Crippen LogP contribution in [0.1, 0.15) is 30.7 Å². The predicted octanol–water partition coefficient (Wildman–Crippen LogP) is 3.76. The molecule has 1 N–H and O–H groups in total. The zero-order valence-electron chi connectivity index (χ0n) is 12.1. The molecule has 3 nitrogen and oxygen atoms in total. The van der Waals surface area contributed by atoms with Crippen LogP contribution in [0, 0.1) is 17.2 Å². The first kappa shape index (κ1) is 13.9. The predicted molar refractivity (Wildman–Crippen MR) is 83.7 cm³/mol. The molecule has 2 aliphatic carbocycles. The van der Waals surface area contributed by atoms with Crippen molar-refractivity contribution in [3.63, 3.8) is 0 Å². The van der Waals surface area contributed by atoms with Crippen molar-refractivity contribution in [2.24, 2.45) is 11.3 Å². The lowest BCUT2D eigenvalue weighted by Crippen LogP contribution is -2.29. The van der Waals surface area contributed by atoms with Crippen molar-refractivity contribution in [1.82, 2.24) is 10.3 Å². The number of thiazole rings is 1. The van der Waals surface area contributed by atoms with E-state index in [0.29, 0.717) is 12.0 Å². The van der Waals surface area contributed by atoms with Crippen molar-refractivity contribution in [2.75, 3.05) is 0 Å². The summed E-state index contributed by atoms with van der Waals surface area (Å²) in [4.78, 5) is 16.6. The van der Waals surface area contributed by atoms with Crippen LogP contribution in [0.15, 0.2) is 29.6 Å². The molecular weight excluding hydrogens is 299 g/mol. The van der Waals surface area contributed by atoms with Crippen LogP contribution in [-0.4, -0.2) is 10.9 Å². The molecule has 0 aliphatic heterocycles. The smallest absolute Gasteiger partial charge is 0.224 e. The summed E-state index contributed by atoms with van der Waals surface area (Å²) in [6.07, 6.45) is 4.78. The number of nitrogens with zero attached hydrogens (tertiary/aromatic N) is 1. The third-order valence-corrected chi connectivity index (χ3v) is 5.81. The van der Waals surface area contributed by atoms with E-state index in [0.717, 1.165) is 22.7 Å². The average molecular weight is 316 g/mol. The van der Waals surface area contributed by atoms with E-state index in [4.69, 9.17) is 0 Å². The van der Waals surface area contributed by atoms with Gasteiger partial charge in [0.05, 0.1) is 12.2 Å². The number of hydrogen-bond acceptors (Lipinski definition) is 3. The van der Waals surface area contributed by atoms with Crippen LogP contribution in [-0.2, 0) is 11.3 Å². The molecule has 2 aromatic rings. The van der Waals surface area contributed by atoms with Crippen molar-refractivity contribution in [2.45, 2.75) is 32.2 Å². The number of benzene rings is 1. The van der Waals surface area contributed by atoms with Crippen LogP contribution >= 0.6 is 11.3 Å². The number of rotatable bonds is 4. The molecule has 1 amide bonds. The molecular formula is C17H17FN2OS. The summed E-state index contributed by atoms with van der Waals surface area (Å²) in [7, 11) is 0. The first-order chi connectivity index (χ1) is 10.7. The molecule has 1 heterocycles. The van der Waals surface area contributed by atoms with Crippen LogP contribution in [0.2, 0.25) is 0 Å². The molecule has 114 valence electrons. The van der Waals surface area contributed by atoms with Crippen LogP contribution in [0.5, 0.6) is 0 Å². The lowest BCUT2D eigenvalue weighted by atomic mass is 9.80. The largest absolute Gasteiger partial charge is 0.349 e. The van der Waals surface area contributed by atoms with E-state index < -0.39 is 0 Å². The first-order valence-electron chi connectivity index (χ1n) is 7.64. The maximum Gasteiger partial charge on any atom is 0.224 e. The molecule has 0 bridgehead atoms. The summed E-state index contributed by atoms with van der Waals surface area (Å²) >= 11 is 1.52. The van der Waals surface area contributed by atoms with E-state index in [1.54, 1.807) is 12.1 Å². The SMILES string of the molecule is O=C(NCc1nc(-c2ccc(F)cc2)cs1)C1CC12CCC2. The highest BCUT2D eigenvalue weighted by molar-refractivity contribution is 7.09. The summed E-state index contributed by atoms with van der Waals surface area (Å²) in [5.74, 6) is 0.164. The van der Waals surface area contributed by atoms with Crippen molar-refractivity contribution < 1.29 is 9.18 Å². The Bertz CT molecular complexity index is 706. The number of nitrogens with one attached hydrogen (secondary N) is 1. The number of halogens is 1. The molecule has 1 aromatic carbocycles. The molecule has 2 fully saturated rings. The van der Waals surface area contributed by atoms with Crippen molar-refractivity contribution >= 4 is 17.2 Å². The second kappa shape index (κ2) is 5.16. The monoisotopic (exact) mass is 316 g/mol. The fourth-order valence-corrected chi connectivity index (χ4v) is 4.08. The molecule has 1 spiro atoms. The molecule has 1 unspecified atom stereocenters. The van der Waals surface area contributed by atoms with E-state index in [1.165, 1.54) is 42.7 Å². The normalized spacial score (nSPS) is 21.4. The maximum absolute atomic E-state index is 12.9. The minimum Gasteiger partial charge on any atom is -0.349 e. The molecule has 1 aromatic heterocycles. The van der Waals surface area contributed by atoms with Gasteiger partial charge in [-0.05, 0) is 48.9 Å². The fraction of sp³-hybridized carbons (Fsp3) is 0.412. The van der Waals surface area contributed by atoms with Crippen molar-refractivity contribution in [3.05, 3.63) is 40.5 Å². The van der Waals surface area contributed by atoms with Crippen LogP contribution in [0.4, 0.5) is 4.39 Å². The molecule has 2 saturated carbocycles. The minimum absolute atomic E-state index is 0.179. The summed E-state index contributed by atoms with van der Waals surface area (Å²) in [5, 5.41) is 5.84. The van der Waals surface area contributed by atoms with Gasteiger partial charge in [-0.1, -0.05) is 6.42 Å². The summed E-state index contributed by atoms with van der Waals surface area (Å²) in [5.41, 5.74) is 2.09. The summed E-state index contributed by atoms with van der Waals surface area (Å²) < 4.78 is 12.9. The quantitative estimate of drug-likeness (QED) is 0.933. The third-order valence-electron chi connectivity index (χ3n) is 4.96. The highest BCUT2D eigenvalue weighted by Gasteiger charge is 2.60. The van der Waals surface area contributed by atoms with Gasteiger partial charge in [-0.3, -0.25) is 4.79 Å². The van der Waals surface area contributed by atoms with Gasteiger partial charge in [0.2, 0.25) is 5.91 Å². The fourth-order valence-electron chi connectivity index (χ4n) is 3.33. The number of amides is 1. The van der Waals surface area contributed by atoms with E-state index in [9.17, 15) is 9.18 Å². The second-order valence-electron chi connectivity index (χ2n) is 6.32. The lowest BCUT2D eigenvalue weighted by molar-refractivity contribution is -0.123. The van der Waals surface area contributed by atoms with E-state index in [-0.39, 0.29) is 17.6 Å². The topological polar surface area (TPSA) is 42.0 Å². The molecule has 4 rings (SSSR count). The lowest BCUT2D eigenvalue weighted by Gasteiger charge is -2.26. The van der Waals surface area contributed by atoms with Crippen LogP contribution < -0.4 is 5.32 Å². The standard InChI is InChI=1S/C17H17FN2OS/c18-12-4-2-11(3-5-12)14-10-22-15(20-14)9-19-16(21)13-8-17(13)6-1-7-17/h2-5,10,13H,1,6-9H2,(H,19,21). The summed E-state index contributed by atoms with van der Waals surface area (Å²) in [6, 6.07) is 6.30. The molecule has 2 aliphatic rings. The Kier molecular flexibility index (Phi) is 3.26. The number of carbonyl (C=O) groups is 1. The van der Waals surface area contributed by atoms with Gasteiger partial charge in [-0.25, -0.2) is 9.37 Å². The van der Waals surface area contributed by atoms with Gasteiger partial charge in [0.1, 0.15) is 10.8 Å². The Morgan fingerprint density at radius 1 is 1.36 bits per heavy atom. The van der Waals surface area contributed by atoms with Gasteiger partial charge < -0.3 is 5.32 Å². The van der Waals surface area contributed by atoms with Gasteiger partial charge in [0.15, 0.2) is 0 Å². The number of hydrogen-bond donors (Lipinski definition) is 1. The van der Waals surface area contributed by atoms with Crippen molar-refractivity contribution in [1.29, 1.82) is 0 Å². The van der Waals surface area contributed by atoms with Crippen LogP contribution in [0.3, 0.4) is 0 Å². The van der Waals surface area contributed by atoms with Gasteiger partial charge in [0, 0.05) is 16.9 Å². The Hall–Kier alpha value is -1.75. The number of aromatic nitrogens is 1. The molecule has 1 atom stereocenters. The average Bonchev–Trinajstić information content (AvgIpc) is 3.10. The third kappa shape index (κ3) is 2.43. The van der Waals surface area contributed by atoms with Gasteiger partial charge in [-0.2, -0.15) is 0 Å². The Balaban J connectivity index is 1.36. The number of carbonyl (C=O) groups excluding carboxylic acids is 1. The second-order valence-corrected chi connectivity index (χ2v) is 7.27. The van der Waals surface area contributed by atoms with E-state index >= 15 is 0 Å². The van der Waals surface area contributed by atoms with Gasteiger partial charge >= 0.3 is 0 Å². The zero-order valence-corrected chi connectivity index (χ0v) is 13.0. The zero-order chi connectivity index (χ0) is 15.2. The van der Waals surface area contributed by atoms with Gasteiger partial charge in [0.25, 0.3) is 0 Å². The Morgan fingerprint density at radius 2 is 2.14 bits per heavy atom. The first-order valence-corrected chi connectivity index (χ1v) is 8.52. The highest BCUT2D eigenvalue weighted by Crippen LogP contribution is 2.65. The van der Waals surface area contributed by atoms with E-state index in [1.807, 2.05) is 5.38 Å². The Morgan fingerprint density at radius 3 is 2.77 bits per heavy atom. The highest BCUT2D eigenvalue weighted by atomic mass is 32.1. The molecule has 0 radical (unpaired) electrons. The molecule has 5 heteroatoms. The minimum atomic E-state index is -0.249. The van der Waals surface area contributed by atoms with Gasteiger partial charge in [-0.15, -0.1) is 11.3 Å². The maximum atomic E-state index is 12.9.